The minimum atomic E-state index is -0.472. The van der Waals surface area contributed by atoms with E-state index in [4.69, 9.17) is 9.47 Å². The molecule has 1 aromatic rings. The van der Waals surface area contributed by atoms with Gasteiger partial charge in [-0.1, -0.05) is 6.07 Å². The molecule has 1 aliphatic heterocycles. The van der Waals surface area contributed by atoms with Crippen molar-refractivity contribution in [2.24, 2.45) is 0 Å². The summed E-state index contributed by atoms with van der Waals surface area (Å²) in [6.07, 6.45) is 2.07. The van der Waals surface area contributed by atoms with Crippen LogP contribution in [-0.4, -0.2) is 30.5 Å². The zero-order chi connectivity index (χ0) is 13.2. The number of hydrogen-bond acceptors (Lipinski definition) is 3. The van der Waals surface area contributed by atoms with E-state index in [0.29, 0.717) is 6.42 Å². The molecule has 1 fully saturated rings. The van der Waals surface area contributed by atoms with Crippen LogP contribution in [0.4, 0.5) is 0 Å². The third-order valence-electron chi connectivity index (χ3n) is 3.60. The van der Waals surface area contributed by atoms with Crippen molar-refractivity contribution in [1.82, 2.24) is 0 Å². The summed E-state index contributed by atoms with van der Waals surface area (Å²) >= 11 is 3.46. The molecule has 100 valence electrons. The Morgan fingerprint density at radius 3 is 2.89 bits per heavy atom. The van der Waals surface area contributed by atoms with Gasteiger partial charge < -0.3 is 14.6 Å². The third-order valence-corrected chi connectivity index (χ3v) is 4.22. The quantitative estimate of drug-likeness (QED) is 0.928. The molecule has 1 aromatic carbocycles. The highest BCUT2D eigenvalue weighted by atomic mass is 79.9. The number of halogens is 1. The fraction of sp³-hybridized carbons (Fsp3) is 0.571. The van der Waals surface area contributed by atoms with Crippen molar-refractivity contribution in [3.8, 4) is 5.75 Å². The highest BCUT2D eigenvalue weighted by Crippen LogP contribution is 2.32. The van der Waals surface area contributed by atoms with Gasteiger partial charge in [0, 0.05) is 13.0 Å². The molecule has 0 aliphatic carbocycles. The first-order chi connectivity index (χ1) is 8.55. The van der Waals surface area contributed by atoms with E-state index in [0.717, 1.165) is 35.2 Å². The Labute approximate surface area is 116 Å². The molecule has 2 unspecified atom stereocenters. The first kappa shape index (κ1) is 13.8. The minimum Gasteiger partial charge on any atom is -0.496 e. The topological polar surface area (TPSA) is 38.7 Å². The lowest BCUT2D eigenvalue weighted by Crippen LogP contribution is -2.40. The van der Waals surface area contributed by atoms with Gasteiger partial charge in [0.05, 0.1) is 23.3 Å². The summed E-state index contributed by atoms with van der Waals surface area (Å²) in [4.78, 5) is 0. The Balaban J connectivity index is 2.07. The van der Waals surface area contributed by atoms with Gasteiger partial charge in [-0.3, -0.25) is 0 Å². The lowest BCUT2D eigenvalue weighted by Gasteiger charge is -2.29. The second-order valence-corrected chi connectivity index (χ2v) is 5.81. The molecule has 1 heterocycles. The van der Waals surface area contributed by atoms with Crippen LogP contribution in [0.1, 0.15) is 25.3 Å². The number of ether oxygens (including phenoxy) is 2. The summed E-state index contributed by atoms with van der Waals surface area (Å²) in [6, 6.07) is 5.87. The fourth-order valence-electron chi connectivity index (χ4n) is 2.34. The molecule has 0 aromatic heterocycles. The van der Waals surface area contributed by atoms with Crippen LogP contribution in [0, 0.1) is 0 Å². The highest BCUT2D eigenvalue weighted by Gasteiger charge is 2.37. The fourth-order valence-corrected chi connectivity index (χ4v) is 2.93. The zero-order valence-corrected chi connectivity index (χ0v) is 12.4. The van der Waals surface area contributed by atoms with E-state index in [1.54, 1.807) is 7.11 Å². The van der Waals surface area contributed by atoms with Crippen molar-refractivity contribution < 1.29 is 14.6 Å². The van der Waals surface area contributed by atoms with Gasteiger partial charge in [-0.05, 0) is 53.4 Å². The number of methoxy groups -OCH3 is 1. The molecule has 4 heteroatoms. The second-order valence-electron chi connectivity index (χ2n) is 4.95. The molecule has 18 heavy (non-hydrogen) atoms. The van der Waals surface area contributed by atoms with Crippen LogP contribution in [0.15, 0.2) is 22.7 Å². The molecule has 0 bridgehead atoms. The Hall–Kier alpha value is -0.580. The van der Waals surface area contributed by atoms with Gasteiger partial charge in [-0.25, -0.2) is 0 Å². The number of benzene rings is 1. The van der Waals surface area contributed by atoms with Gasteiger partial charge in [0.2, 0.25) is 0 Å². The van der Waals surface area contributed by atoms with Crippen LogP contribution in [0.2, 0.25) is 0 Å². The summed E-state index contributed by atoms with van der Waals surface area (Å²) in [5.41, 5.74) is 0.679. The summed E-state index contributed by atoms with van der Waals surface area (Å²) in [6.45, 7) is 2.74. The van der Waals surface area contributed by atoms with Crippen LogP contribution < -0.4 is 4.74 Å². The van der Waals surface area contributed by atoms with Gasteiger partial charge in [-0.15, -0.1) is 0 Å². The maximum absolute atomic E-state index is 10.3. The van der Waals surface area contributed by atoms with Gasteiger partial charge in [0.1, 0.15) is 5.75 Å². The minimum absolute atomic E-state index is 0.396. The normalized spacial score (nSPS) is 25.1. The largest absolute Gasteiger partial charge is 0.496 e. The smallest absolute Gasteiger partial charge is 0.133 e. The summed E-state index contributed by atoms with van der Waals surface area (Å²) < 4.78 is 11.8. The average Bonchev–Trinajstić information content (AvgIpc) is 2.78. The van der Waals surface area contributed by atoms with Crippen molar-refractivity contribution in [3.05, 3.63) is 28.2 Å². The molecule has 2 rings (SSSR count). The maximum Gasteiger partial charge on any atom is 0.133 e. The SMILES string of the molecule is COc1ccc(CC(O)C2(C)CCCO2)cc1Br. The Morgan fingerprint density at radius 1 is 1.56 bits per heavy atom. The maximum atomic E-state index is 10.3. The second kappa shape index (κ2) is 5.59. The first-order valence-electron chi connectivity index (χ1n) is 6.19. The standard InChI is InChI=1S/C14H19BrO3/c1-14(6-3-7-18-14)13(16)9-10-4-5-12(17-2)11(15)8-10/h4-5,8,13,16H,3,6-7,9H2,1-2H3. The number of hydrogen-bond donors (Lipinski definition) is 1. The van der Waals surface area contributed by atoms with Crippen LogP contribution in [0.3, 0.4) is 0 Å². The Kier molecular flexibility index (Phi) is 4.30. The zero-order valence-electron chi connectivity index (χ0n) is 10.8. The van der Waals surface area contributed by atoms with Gasteiger partial charge in [-0.2, -0.15) is 0 Å². The summed E-state index contributed by atoms with van der Waals surface area (Å²) in [5.74, 6) is 0.802. The summed E-state index contributed by atoms with van der Waals surface area (Å²) in [7, 11) is 1.64. The molecular formula is C14H19BrO3. The highest BCUT2D eigenvalue weighted by molar-refractivity contribution is 9.10. The molecular weight excluding hydrogens is 296 g/mol. The molecule has 2 atom stereocenters. The predicted molar refractivity (Wildman–Crippen MR) is 74.0 cm³/mol. The van der Waals surface area contributed by atoms with Crippen molar-refractivity contribution in [2.75, 3.05) is 13.7 Å². The first-order valence-corrected chi connectivity index (χ1v) is 6.99. The average molecular weight is 315 g/mol. The lowest BCUT2D eigenvalue weighted by molar-refractivity contribution is -0.0768. The molecule has 1 aliphatic rings. The van der Waals surface area contributed by atoms with Crippen LogP contribution in [0.25, 0.3) is 0 Å². The van der Waals surface area contributed by atoms with Crippen molar-refractivity contribution in [1.29, 1.82) is 0 Å². The Morgan fingerprint density at radius 2 is 2.33 bits per heavy atom. The van der Waals surface area contributed by atoms with E-state index >= 15 is 0 Å². The van der Waals surface area contributed by atoms with E-state index in [9.17, 15) is 5.11 Å². The van der Waals surface area contributed by atoms with E-state index in [1.165, 1.54) is 0 Å². The Bertz CT molecular complexity index is 414. The van der Waals surface area contributed by atoms with Crippen LogP contribution >= 0.6 is 15.9 Å². The number of rotatable bonds is 4. The lowest BCUT2D eigenvalue weighted by atomic mass is 9.91. The van der Waals surface area contributed by atoms with Crippen molar-refractivity contribution in [3.63, 3.8) is 0 Å². The molecule has 1 N–H and O–H groups in total. The van der Waals surface area contributed by atoms with E-state index in [1.807, 2.05) is 25.1 Å². The van der Waals surface area contributed by atoms with E-state index in [-0.39, 0.29) is 0 Å². The molecule has 0 amide bonds. The third kappa shape index (κ3) is 2.87. The van der Waals surface area contributed by atoms with E-state index < -0.39 is 11.7 Å². The molecule has 0 radical (unpaired) electrons. The molecule has 1 saturated heterocycles. The van der Waals surface area contributed by atoms with Crippen molar-refractivity contribution in [2.45, 2.75) is 37.9 Å². The van der Waals surface area contributed by atoms with Gasteiger partial charge in [0.15, 0.2) is 0 Å². The molecule has 0 saturated carbocycles. The van der Waals surface area contributed by atoms with Gasteiger partial charge >= 0.3 is 0 Å². The summed E-state index contributed by atoms with van der Waals surface area (Å²) in [5, 5.41) is 10.3. The van der Waals surface area contributed by atoms with Crippen molar-refractivity contribution >= 4 is 15.9 Å². The number of aliphatic hydroxyl groups excluding tert-OH is 1. The van der Waals surface area contributed by atoms with Gasteiger partial charge in [0.25, 0.3) is 0 Å². The van der Waals surface area contributed by atoms with Crippen LogP contribution in [-0.2, 0) is 11.2 Å². The molecule has 3 nitrogen and oxygen atoms in total. The monoisotopic (exact) mass is 314 g/mol. The molecule has 0 spiro atoms. The number of aliphatic hydroxyl groups is 1. The van der Waals surface area contributed by atoms with Crippen LogP contribution in [0.5, 0.6) is 5.75 Å². The predicted octanol–water partition coefficient (Wildman–Crippen LogP) is 2.93. The van der Waals surface area contributed by atoms with E-state index in [2.05, 4.69) is 15.9 Å².